The van der Waals surface area contributed by atoms with Crippen LogP contribution in [-0.2, 0) is 0 Å². The van der Waals surface area contributed by atoms with Gasteiger partial charge in [0.2, 0.25) is 5.95 Å². The van der Waals surface area contributed by atoms with Crippen LogP contribution in [0.15, 0.2) is 54.7 Å². The smallest absolute Gasteiger partial charge is 0.229 e. The van der Waals surface area contributed by atoms with Gasteiger partial charge in [-0.15, -0.1) is 0 Å². The number of anilines is 4. The molecule has 0 amide bonds. The Morgan fingerprint density at radius 3 is 2.41 bits per heavy atom. The van der Waals surface area contributed by atoms with Crippen molar-refractivity contribution in [2.24, 2.45) is 0 Å². The summed E-state index contributed by atoms with van der Waals surface area (Å²) in [6, 6.07) is 14.4. The summed E-state index contributed by atoms with van der Waals surface area (Å²) >= 11 is 0. The van der Waals surface area contributed by atoms with Gasteiger partial charge in [-0.25, -0.2) is 4.98 Å². The maximum atomic E-state index is 11.4. The third kappa shape index (κ3) is 4.52. The number of ether oxygens (including phenoxy) is 2. The van der Waals surface area contributed by atoms with Crippen LogP contribution < -0.4 is 20.1 Å². The number of nitrogens with one attached hydrogen (secondary N) is 2. The normalized spacial score (nSPS) is 10.2. The van der Waals surface area contributed by atoms with Gasteiger partial charge in [0, 0.05) is 23.5 Å². The number of benzene rings is 2. The molecule has 7 nitrogen and oxygen atoms in total. The molecule has 7 heteroatoms. The van der Waals surface area contributed by atoms with Gasteiger partial charge >= 0.3 is 0 Å². The third-order valence-corrected chi connectivity index (χ3v) is 3.87. The fourth-order valence-electron chi connectivity index (χ4n) is 2.45. The van der Waals surface area contributed by atoms with Gasteiger partial charge in [-0.2, -0.15) is 4.98 Å². The average molecular weight is 364 g/mol. The number of carbonyl (C=O) groups is 1. The number of methoxy groups -OCH3 is 2. The number of rotatable bonds is 7. The molecule has 0 unspecified atom stereocenters. The monoisotopic (exact) mass is 364 g/mol. The molecule has 0 radical (unpaired) electrons. The van der Waals surface area contributed by atoms with Gasteiger partial charge in [-0.1, -0.05) is 0 Å². The number of Topliss-reactive ketones (excluding diaryl/α,β-unsaturated/α-hetero) is 1. The summed E-state index contributed by atoms with van der Waals surface area (Å²) in [5.41, 5.74) is 2.21. The molecule has 0 aliphatic carbocycles. The predicted octanol–water partition coefficient (Wildman–Crippen LogP) is 4.18. The van der Waals surface area contributed by atoms with Gasteiger partial charge in [-0.3, -0.25) is 4.79 Å². The van der Waals surface area contributed by atoms with E-state index >= 15 is 0 Å². The molecular formula is C20H20N4O3. The molecule has 2 aromatic carbocycles. The van der Waals surface area contributed by atoms with Crippen LogP contribution in [0.5, 0.6) is 11.5 Å². The molecule has 0 bridgehead atoms. The van der Waals surface area contributed by atoms with Crippen LogP contribution in [0, 0.1) is 0 Å². The van der Waals surface area contributed by atoms with Gasteiger partial charge in [0.25, 0.3) is 0 Å². The van der Waals surface area contributed by atoms with Gasteiger partial charge in [0.15, 0.2) is 5.78 Å². The second-order valence-electron chi connectivity index (χ2n) is 5.72. The van der Waals surface area contributed by atoms with E-state index in [1.54, 1.807) is 44.7 Å². The highest BCUT2D eigenvalue weighted by Crippen LogP contribution is 2.31. The summed E-state index contributed by atoms with van der Waals surface area (Å²) in [6.45, 7) is 1.54. The minimum absolute atomic E-state index is 0.0254. The molecule has 3 rings (SSSR count). The second kappa shape index (κ2) is 8.18. The maximum Gasteiger partial charge on any atom is 0.229 e. The standard InChI is InChI=1S/C20H20N4O3/c1-13(25)14-4-6-15(7-5-14)22-20-21-11-10-19(24-20)23-17-9-8-16(26-2)12-18(17)27-3/h4-12H,1-3H3,(H2,21,22,23,24). The molecule has 27 heavy (non-hydrogen) atoms. The molecule has 0 saturated heterocycles. The van der Waals surface area contributed by atoms with Crippen molar-refractivity contribution < 1.29 is 14.3 Å². The topological polar surface area (TPSA) is 85.4 Å². The molecule has 0 fully saturated rings. The largest absolute Gasteiger partial charge is 0.497 e. The Hall–Kier alpha value is -3.61. The summed E-state index contributed by atoms with van der Waals surface area (Å²) in [7, 11) is 3.20. The summed E-state index contributed by atoms with van der Waals surface area (Å²) in [6.07, 6.45) is 1.65. The summed E-state index contributed by atoms with van der Waals surface area (Å²) < 4.78 is 10.6. The van der Waals surface area contributed by atoms with Crippen molar-refractivity contribution in [1.82, 2.24) is 9.97 Å². The molecule has 2 N–H and O–H groups in total. The predicted molar refractivity (Wildman–Crippen MR) is 105 cm³/mol. The molecule has 138 valence electrons. The van der Waals surface area contributed by atoms with Crippen LogP contribution in [-0.4, -0.2) is 30.0 Å². The van der Waals surface area contributed by atoms with Crippen molar-refractivity contribution in [1.29, 1.82) is 0 Å². The van der Waals surface area contributed by atoms with E-state index in [1.165, 1.54) is 6.92 Å². The Kier molecular flexibility index (Phi) is 5.51. The Morgan fingerprint density at radius 2 is 1.74 bits per heavy atom. The lowest BCUT2D eigenvalue weighted by Gasteiger charge is -2.12. The molecule has 1 heterocycles. The van der Waals surface area contributed by atoms with Crippen molar-refractivity contribution in [3.8, 4) is 11.5 Å². The minimum Gasteiger partial charge on any atom is -0.497 e. The van der Waals surface area contributed by atoms with Crippen molar-refractivity contribution in [2.45, 2.75) is 6.92 Å². The zero-order valence-corrected chi connectivity index (χ0v) is 15.3. The van der Waals surface area contributed by atoms with Crippen LogP contribution in [0.25, 0.3) is 0 Å². The van der Waals surface area contributed by atoms with E-state index in [0.29, 0.717) is 28.8 Å². The Balaban J connectivity index is 1.76. The highest BCUT2D eigenvalue weighted by atomic mass is 16.5. The minimum atomic E-state index is 0.0254. The number of nitrogens with zero attached hydrogens (tertiary/aromatic N) is 2. The van der Waals surface area contributed by atoms with E-state index in [-0.39, 0.29) is 5.78 Å². The van der Waals surface area contributed by atoms with E-state index < -0.39 is 0 Å². The Bertz CT molecular complexity index is 942. The van der Waals surface area contributed by atoms with Crippen LogP contribution in [0.1, 0.15) is 17.3 Å². The first-order valence-corrected chi connectivity index (χ1v) is 8.29. The number of hydrogen-bond acceptors (Lipinski definition) is 7. The van der Waals surface area contributed by atoms with Crippen molar-refractivity contribution >= 4 is 28.9 Å². The lowest BCUT2D eigenvalue weighted by Crippen LogP contribution is -2.02. The highest BCUT2D eigenvalue weighted by molar-refractivity contribution is 5.94. The lowest BCUT2D eigenvalue weighted by atomic mass is 10.1. The maximum absolute atomic E-state index is 11.4. The molecule has 0 spiro atoms. The van der Waals surface area contributed by atoms with Crippen molar-refractivity contribution in [2.75, 3.05) is 24.9 Å². The molecule has 3 aromatic rings. The Labute approximate surface area is 157 Å². The second-order valence-corrected chi connectivity index (χ2v) is 5.72. The lowest BCUT2D eigenvalue weighted by molar-refractivity contribution is 0.101. The number of hydrogen-bond donors (Lipinski definition) is 2. The summed E-state index contributed by atoms with van der Waals surface area (Å²) in [5, 5.41) is 6.33. The van der Waals surface area contributed by atoms with E-state index in [1.807, 2.05) is 24.3 Å². The Morgan fingerprint density at radius 1 is 0.963 bits per heavy atom. The first-order chi connectivity index (χ1) is 13.1. The fourth-order valence-corrected chi connectivity index (χ4v) is 2.45. The molecule has 0 atom stereocenters. The van der Waals surface area contributed by atoms with Crippen LogP contribution in [0.4, 0.5) is 23.1 Å². The van der Waals surface area contributed by atoms with Crippen molar-refractivity contribution in [3.63, 3.8) is 0 Å². The number of aromatic nitrogens is 2. The van der Waals surface area contributed by atoms with Crippen LogP contribution in [0.3, 0.4) is 0 Å². The van der Waals surface area contributed by atoms with Crippen LogP contribution >= 0.6 is 0 Å². The zero-order chi connectivity index (χ0) is 19.2. The van der Waals surface area contributed by atoms with Gasteiger partial charge in [0.1, 0.15) is 17.3 Å². The quantitative estimate of drug-likeness (QED) is 0.608. The van der Waals surface area contributed by atoms with Gasteiger partial charge in [0.05, 0.1) is 19.9 Å². The van der Waals surface area contributed by atoms with Gasteiger partial charge < -0.3 is 20.1 Å². The highest BCUT2D eigenvalue weighted by Gasteiger charge is 2.07. The fraction of sp³-hybridized carbons (Fsp3) is 0.150. The zero-order valence-electron chi connectivity index (χ0n) is 15.3. The summed E-state index contributed by atoms with van der Waals surface area (Å²) in [5.74, 6) is 2.41. The van der Waals surface area contributed by atoms with E-state index in [2.05, 4.69) is 20.6 Å². The number of ketones is 1. The molecule has 1 aromatic heterocycles. The van der Waals surface area contributed by atoms with Gasteiger partial charge in [-0.05, 0) is 49.4 Å². The van der Waals surface area contributed by atoms with E-state index in [4.69, 9.17) is 9.47 Å². The summed E-state index contributed by atoms with van der Waals surface area (Å²) in [4.78, 5) is 20.0. The van der Waals surface area contributed by atoms with Crippen molar-refractivity contribution in [3.05, 3.63) is 60.3 Å². The van der Waals surface area contributed by atoms with Crippen LogP contribution in [0.2, 0.25) is 0 Å². The van der Waals surface area contributed by atoms with E-state index in [0.717, 1.165) is 11.4 Å². The van der Waals surface area contributed by atoms with E-state index in [9.17, 15) is 4.79 Å². The average Bonchev–Trinajstić information content (AvgIpc) is 2.69. The molecular weight excluding hydrogens is 344 g/mol. The first kappa shape index (κ1) is 18.2. The molecule has 0 aliphatic rings. The SMILES string of the molecule is COc1ccc(Nc2ccnc(Nc3ccc(C(C)=O)cc3)n2)c(OC)c1. The number of carbonyl (C=O) groups excluding carboxylic acids is 1. The first-order valence-electron chi connectivity index (χ1n) is 8.29. The molecule has 0 saturated carbocycles. The third-order valence-electron chi connectivity index (χ3n) is 3.87. The molecule has 0 aliphatic heterocycles.